The Morgan fingerprint density at radius 2 is 1.91 bits per heavy atom. The van der Waals surface area contributed by atoms with E-state index in [4.69, 9.17) is 4.74 Å². The van der Waals surface area contributed by atoms with Gasteiger partial charge in [-0.3, -0.25) is 9.59 Å². The predicted molar refractivity (Wildman–Crippen MR) is 72.7 cm³/mol. The molecule has 0 bridgehead atoms. The highest BCUT2D eigenvalue weighted by Crippen LogP contribution is 2.38. The number of carbonyl (C=O) groups excluding carboxylic acids is 2. The Labute approximate surface area is 126 Å². The standard InChI is InChI=1S/C16H17F3O3/c1-2-22-14(21)8-9-4-3-5-13(20)15(9)10-6-11(17)16(19)12(18)7-10/h6-7,9,15H,2-5,8H2,1H3/t9-,15?/m1/s1. The molecule has 2 rings (SSSR count). The fraction of sp³-hybridized carbons (Fsp3) is 0.500. The van der Waals surface area contributed by atoms with E-state index in [-0.39, 0.29) is 36.7 Å². The summed E-state index contributed by atoms with van der Waals surface area (Å²) in [6.07, 6.45) is 1.48. The van der Waals surface area contributed by atoms with Crippen LogP contribution in [0.25, 0.3) is 0 Å². The zero-order chi connectivity index (χ0) is 16.3. The molecular weight excluding hydrogens is 297 g/mol. The van der Waals surface area contributed by atoms with E-state index in [0.29, 0.717) is 12.8 Å². The van der Waals surface area contributed by atoms with Gasteiger partial charge in [-0.1, -0.05) is 0 Å². The summed E-state index contributed by atoms with van der Waals surface area (Å²) in [6, 6.07) is 1.68. The molecule has 1 fully saturated rings. The molecule has 3 nitrogen and oxygen atoms in total. The van der Waals surface area contributed by atoms with Crippen LogP contribution in [0, 0.1) is 23.4 Å². The first-order valence-corrected chi connectivity index (χ1v) is 7.26. The monoisotopic (exact) mass is 314 g/mol. The Morgan fingerprint density at radius 1 is 1.27 bits per heavy atom. The maximum atomic E-state index is 13.4. The first-order chi connectivity index (χ1) is 10.4. The van der Waals surface area contributed by atoms with Gasteiger partial charge in [0.2, 0.25) is 0 Å². The quantitative estimate of drug-likeness (QED) is 0.631. The SMILES string of the molecule is CCOC(=O)C[C@H]1CCCC(=O)C1c1cc(F)c(F)c(F)c1. The van der Waals surface area contributed by atoms with Gasteiger partial charge in [-0.05, 0) is 43.4 Å². The van der Waals surface area contributed by atoms with Crippen LogP contribution in [0.4, 0.5) is 13.2 Å². The third kappa shape index (κ3) is 3.48. The van der Waals surface area contributed by atoms with Crippen molar-refractivity contribution in [1.82, 2.24) is 0 Å². The molecule has 1 saturated carbocycles. The lowest BCUT2D eigenvalue weighted by atomic mass is 9.73. The Morgan fingerprint density at radius 3 is 2.50 bits per heavy atom. The van der Waals surface area contributed by atoms with Gasteiger partial charge < -0.3 is 4.74 Å². The van der Waals surface area contributed by atoms with Crippen molar-refractivity contribution in [3.63, 3.8) is 0 Å². The van der Waals surface area contributed by atoms with Crippen LogP contribution in [-0.4, -0.2) is 18.4 Å². The van der Waals surface area contributed by atoms with E-state index in [1.165, 1.54) is 0 Å². The van der Waals surface area contributed by atoms with Crippen LogP contribution in [0.3, 0.4) is 0 Å². The number of ketones is 1. The molecule has 22 heavy (non-hydrogen) atoms. The molecule has 0 spiro atoms. The molecule has 1 unspecified atom stereocenters. The Balaban J connectivity index is 2.30. The van der Waals surface area contributed by atoms with E-state index >= 15 is 0 Å². The number of rotatable bonds is 4. The van der Waals surface area contributed by atoms with E-state index in [9.17, 15) is 22.8 Å². The molecule has 1 aliphatic carbocycles. The van der Waals surface area contributed by atoms with Gasteiger partial charge in [-0.2, -0.15) is 0 Å². The number of halogens is 3. The molecule has 6 heteroatoms. The van der Waals surface area contributed by atoms with Crippen molar-refractivity contribution >= 4 is 11.8 Å². The minimum atomic E-state index is -1.56. The predicted octanol–water partition coefficient (Wildman–Crippen LogP) is 3.51. The van der Waals surface area contributed by atoms with E-state index in [2.05, 4.69) is 0 Å². The third-order valence-electron chi connectivity index (χ3n) is 3.92. The van der Waals surface area contributed by atoms with E-state index in [1.807, 2.05) is 0 Å². The number of Topliss-reactive ketones (excluding diaryl/α,β-unsaturated/α-hetero) is 1. The largest absolute Gasteiger partial charge is 0.466 e. The van der Waals surface area contributed by atoms with Gasteiger partial charge in [-0.15, -0.1) is 0 Å². The summed E-state index contributed by atoms with van der Waals surface area (Å²) >= 11 is 0. The van der Waals surface area contributed by atoms with Crippen molar-refractivity contribution in [2.24, 2.45) is 5.92 Å². The van der Waals surface area contributed by atoms with Crippen molar-refractivity contribution in [1.29, 1.82) is 0 Å². The molecule has 1 aromatic rings. The summed E-state index contributed by atoms with van der Waals surface area (Å²) in [6.45, 7) is 1.90. The highest BCUT2D eigenvalue weighted by atomic mass is 19.2. The third-order valence-corrected chi connectivity index (χ3v) is 3.92. The minimum absolute atomic E-state index is 0.00482. The number of ether oxygens (including phenoxy) is 1. The van der Waals surface area contributed by atoms with Gasteiger partial charge in [0, 0.05) is 18.8 Å². The number of carbonyl (C=O) groups is 2. The first-order valence-electron chi connectivity index (χ1n) is 7.26. The van der Waals surface area contributed by atoms with Crippen LogP contribution >= 0.6 is 0 Å². The van der Waals surface area contributed by atoms with Crippen LogP contribution in [-0.2, 0) is 14.3 Å². The molecule has 0 aliphatic heterocycles. The first kappa shape index (κ1) is 16.5. The fourth-order valence-corrected chi connectivity index (χ4v) is 2.99. The Hall–Kier alpha value is -1.85. The highest BCUT2D eigenvalue weighted by Gasteiger charge is 2.35. The molecule has 0 radical (unpaired) electrons. The van der Waals surface area contributed by atoms with Gasteiger partial charge in [-0.25, -0.2) is 13.2 Å². The Kier molecular flexibility index (Phi) is 5.21. The molecule has 0 amide bonds. The van der Waals surface area contributed by atoms with Crippen LogP contribution in [0.2, 0.25) is 0 Å². The van der Waals surface area contributed by atoms with Gasteiger partial charge >= 0.3 is 5.97 Å². The van der Waals surface area contributed by atoms with Crippen LogP contribution in [0.15, 0.2) is 12.1 Å². The molecule has 0 saturated heterocycles. The molecule has 0 N–H and O–H groups in total. The van der Waals surface area contributed by atoms with Crippen molar-refractivity contribution in [3.8, 4) is 0 Å². The highest BCUT2D eigenvalue weighted by molar-refractivity contribution is 5.87. The number of hydrogen-bond acceptors (Lipinski definition) is 3. The molecular formula is C16H17F3O3. The normalized spacial score (nSPS) is 21.7. The van der Waals surface area contributed by atoms with Crippen molar-refractivity contribution in [3.05, 3.63) is 35.1 Å². The second kappa shape index (κ2) is 6.94. The summed E-state index contributed by atoms with van der Waals surface area (Å²) in [4.78, 5) is 23.8. The lowest BCUT2D eigenvalue weighted by Gasteiger charge is -2.30. The van der Waals surface area contributed by atoms with Crippen molar-refractivity contribution in [2.45, 2.75) is 38.5 Å². The molecule has 1 aromatic carbocycles. The number of benzene rings is 1. The van der Waals surface area contributed by atoms with E-state index in [1.54, 1.807) is 6.92 Å². The number of hydrogen-bond donors (Lipinski definition) is 0. The second-order valence-electron chi connectivity index (χ2n) is 5.40. The lowest BCUT2D eigenvalue weighted by Crippen LogP contribution is -2.29. The maximum absolute atomic E-state index is 13.4. The molecule has 1 aliphatic rings. The topological polar surface area (TPSA) is 43.4 Å². The van der Waals surface area contributed by atoms with Crippen LogP contribution in [0.5, 0.6) is 0 Å². The smallest absolute Gasteiger partial charge is 0.306 e. The minimum Gasteiger partial charge on any atom is -0.466 e. The fourth-order valence-electron chi connectivity index (χ4n) is 2.99. The van der Waals surface area contributed by atoms with E-state index < -0.39 is 29.3 Å². The van der Waals surface area contributed by atoms with Crippen molar-refractivity contribution in [2.75, 3.05) is 6.61 Å². The lowest BCUT2D eigenvalue weighted by molar-refractivity contribution is -0.144. The summed E-state index contributed by atoms with van der Waals surface area (Å²) in [5, 5.41) is 0. The summed E-state index contributed by atoms with van der Waals surface area (Å²) < 4.78 is 44.8. The molecule has 2 atom stereocenters. The maximum Gasteiger partial charge on any atom is 0.306 e. The molecule has 0 aromatic heterocycles. The zero-order valence-electron chi connectivity index (χ0n) is 12.2. The summed E-state index contributed by atoms with van der Waals surface area (Å²) in [5.41, 5.74) is 0.0791. The summed E-state index contributed by atoms with van der Waals surface area (Å²) in [7, 11) is 0. The average molecular weight is 314 g/mol. The molecule has 0 heterocycles. The van der Waals surface area contributed by atoms with Crippen LogP contribution < -0.4 is 0 Å². The molecule has 120 valence electrons. The average Bonchev–Trinajstić information content (AvgIpc) is 2.44. The van der Waals surface area contributed by atoms with Gasteiger partial charge in [0.25, 0.3) is 0 Å². The zero-order valence-corrected chi connectivity index (χ0v) is 12.2. The Bertz CT molecular complexity index is 563. The number of esters is 1. The summed E-state index contributed by atoms with van der Waals surface area (Å²) in [5.74, 6) is -6.05. The van der Waals surface area contributed by atoms with Gasteiger partial charge in [0.15, 0.2) is 17.5 Å². The second-order valence-corrected chi connectivity index (χ2v) is 5.40. The van der Waals surface area contributed by atoms with Gasteiger partial charge in [0.1, 0.15) is 5.78 Å². The van der Waals surface area contributed by atoms with Gasteiger partial charge in [0.05, 0.1) is 6.61 Å². The van der Waals surface area contributed by atoms with E-state index in [0.717, 1.165) is 12.1 Å². The van der Waals surface area contributed by atoms with Crippen molar-refractivity contribution < 1.29 is 27.5 Å². The van der Waals surface area contributed by atoms with Crippen LogP contribution in [0.1, 0.15) is 44.1 Å².